The second kappa shape index (κ2) is 9.98. The number of nitrogens with zero attached hydrogens (tertiary/aromatic N) is 1. The number of ether oxygens (including phenoxy) is 1. The summed E-state index contributed by atoms with van der Waals surface area (Å²) in [7, 11) is 1.52. The van der Waals surface area contributed by atoms with Gasteiger partial charge >= 0.3 is 0 Å². The summed E-state index contributed by atoms with van der Waals surface area (Å²) in [5.74, 6) is 1.06. The Morgan fingerprint density at radius 2 is 1.83 bits per heavy atom. The molecule has 0 bridgehead atoms. The topological polar surface area (TPSA) is 63.7 Å². The minimum atomic E-state index is -0.279. The number of ketones is 1. The van der Waals surface area contributed by atoms with Crippen molar-refractivity contribution < 1.29 is 18.7 Å². The molecule has 1 aromatic carbocycles. The number of rotatable bonds is 9. The van der Waals surface area contributed by atoms with Crippen molar-refractivity contribution in [2.75, 3.05) is 26.7 Å². The van der Waals surface area contributed by atoms with Gasteiger partial charge in [-0.2, -0.15) is 0 Å². The number of hydrogen-bond donors (Lipinski definition) is 0. The minimum Gasteiger partial charge on any atom is -0.497 e. The standard InChI is InChI=1S/C17H23NO4P2/c1-22-15-6-4-13(5-7-15)17(19)14-8-11-18(12-9-14)10-2-3-16(23-20)24-21/h4-7,14,16H,2-3,8-12H2,1H3. The normalized spacial score (nSPS) is 17.9. The number of methoxy groups -OCH3 is 1. The lowest BCUT2D eigenvalue weighted by Crippen LogP contribution is -2.37. The van der Waals surface area contributed by atoms with Crippen molar-refractivity contribution >= 4 is 22.7 Å². The summed E-state index contributed by atoms with van der Waals surface area (Å²) in [6.45, 7) is 2.72. The molecule has 0 radical (unpaired) electrons. The largest absolute Gasteiger partial charge is 0.497 e. The van der Waals surface area contributed by atoms with Crippen LogP contribution in [0.2, 0.25) is 0 Å². The molecule has 0 amide bonds. The molecule has 1 aliphatic heterocycles. The van der Waals surface area contributed by atoms with Crippen LogP contribution in [-0.4, -0.2) is 42.8 Å². The van der Waals surface area contributed by atoms with Gasteiger partial charge in [-0.05, 0) is 69.6 Å². The van der Waals surface area contributed by atoms with E-state index in [1.54, 1.807) is 7.11 Å². The van der Waals surface area contributed by atoms with Crippen LogP contribution in [0.1, 0.15) is 36.0 Å². The molecule has 0 N–H and O–H groups in total. The summed E-state index contributed by atoms with van der Waals surface area (Å²) < 4.78 is 26.6. The van der Waals surface area contributed by atoms with E-state index in [0.717, 1.165) is 50.2 Å². The Kier molecular flexibility index (Phi) is 7.98. The first kappa shape index (κ1) is 19.2. The van der Waals surface area contributed by atoms with Gasteiger partial charge in [0.1, 0.15) is 11.1 Å². The number of piperidine rings is 1. The summed E-state index contributed by atoms with van der Waals surface area (Å²) >= 11 is 0. The zero-order valence-electron chi connectivity index (χ0n) is 13.9. The van der Waals surface area contributed by atoms with E-state index in [1.165, 1.54) is 0 Å². The summed E-state index contributed by atoms with van der Waals surface area (Å²) in [5.41, 5.74) is 0.751. The Hall–Kier alpha value is -1.15. The highest BCUT2D eigenvalue weighted by Crippen LogP contribution is 2.26. The van der Waals surface area contributed by atoms with Crippen molar-refractivity contribution in [2.45, 2.75) is 31.1 Å². The molecule has 2 rings (SSSR count). The summed E-state index contributed by atoms with van der Waals surface area (Å²) in [6, 6.07) is 7.31. The van der Waals surface area contributed by atoms with Gasteiger partial charge in [-0.25, -0.2) is 0 Å². The van der Waals surface area contributed by atoms with E-state index in [1.807, 2.05) is 24.3 Å². The molecule has 1 saturated heterocycles. The third-order valence-electron chi connectivity index (χ3n) is 4.51. The molecule has 1 heterocycles. The Bertz CT molecular complexity index is 548. The first-order valence-electron chi connectivity index (χ1n) is 8.23. The molecule has 1 aromatic rings. The second-order valence-electron chi connectivity index (χ2n) is 6.04. The van der Waals surface area contributed by atoms with Crippen LogP contribution < -0.4 is 4.74 Å². The van der Waals surface area contributed by atoms with Crippen molar-refractivity contribution in [3.63, 3.8) is 0 Å². The van der Waals surface area contributed by atoms with Gasteiger partial charge < -0.3 is 9.64 Å². The average Bonchev–Trinajstić information content (AvgIpc) is 2.65. The lowest BCUT2D eigenvalue weighted by atomic mass is 9.89. The van der Waals surface area contributed by atoms with Crippen LogP contribution in [0, 0.1) is 5.92 Å². The molecule has 7 heteroatoms. The van der Waals surface area contributed by atoms with Gasteiger partial charge in [-0.3, -0.25) is 13.9 Å². The van der Waals surface area contributed by atoms with Crippen LogP contribution in [0.5, 0.6) is 5.75 Å². The molecule has 0 unspecified atom stereocenters. The SMILES string of the molecule is COc1ccc(C(=O)C2CCN(CCCC(P=O)P=O)CC2)cc1. The van der Waals surface area contributed by atoms with Crippen molar-refractivity contribution in [3.8, 4) is 5.75 Å². The summed E-state index contributed by atoms with van der Waals surface area (Å²) in [6.07, 6.45) is 3.31. The molecule has 24 heavy (non-hydrogen) atoms. The van der Waals surface area contributed by atoms with Gasteiger partial charge in [0.25, 0.3) is 0 Å². The summed E-state index contributed by atoms with van der Waals surface area (Å²) in [4.78, 5) is 14.9. The fraction of sp³-hybridized carbons (Fsp3) is 0.588. The third-order valence-corrected chi connectivity index (χ3v) is 6.08. The third kappa shape index (κ3) is 5.44. The molecule has 0 atom stereocenters. The molecule has 0 aromatic heterocycles. The highest BCUT2D eigenvalue weighted by Gasteiger charge is 2.25. The molecule has 130 valence electrons. The predicted octanol–water partition coefficient (Wildman–Crippen LogP) is 4.28. The van der Waals surface area contributed by atoms with Crippen LogP contribution in [0.25, 0.3) is 0 Å². The average molecular weight is 367 g/mol. The molecule has 1 aliphatic rings. The van der Waals surface area contributed by atoms with Crippen LogP contribution >= 0.6 is 16.9 Å². The zero-order valence-corrected chi connectivity index (χ0v) is 15.7. The van der Waals surface area contributed by atoms with Crippen LogP contribution in [0.3, 0.4) is 0 Å². The van der Waals surface area contributed by atoms with E-state index in [4.69, 9.17) is 4.74 Å². The molecule has 1 fully saturated rings. The van der Waals surface area contributed by atoms with Crippen molar-refractivity contribution in [1.29, 1.82) is 0 Å². The maximum atomic E-state index is 12.6. The number of Topliss-reactive ketones (excluding diaryl/α,β-unsaturated/α-hetero) is 1. The Morgan fingerprint density at radius 1 is 1.21 bits per heavy atom. The highest BCUT2D eigenvalue weighted by atomic mass is 31.1. The monoisotopic (exact) mass is 367 g/mol. The van der Waals surface area contributed by atoms with Gasteiger partial charge in [0.05, 0.1) is 7.11 Å². The lowest BCUT2D eigenvalue weighted by molar-refractivity contribution is 0.0839. The molecule has 0 aliphatic carbocycles. The van der Waals surface area contributed by atoms with E-state index in [-0.39, 0.29) is 34.0 Å². The maximum absolute atomic E-state index is 12.6. The second-order valence-corrected chi connectivity index (χ2v) is 8.12. The van der Waals surface area contributed by atoms with Crippen LogP contribution in [0.15, 0.2) is 24.3 Å². The van der Waals surface area contributed by atoms with Crippen molar-refractivity contribution in [1.82, 2.24) is 4.90 Å². The smallest absolute Gasteiger partial charge is 0.171 e. The van der Waals surface area contributed by atoms with Gasteiger partial charge in [-0.15, -0.1) is 0 Å². The zero-order chi connectivity index (χ0) is 17.4. The van der Waals surface area contributed by atoms with E-state index in [0.29, 0.717) is 6.42 Å². The number of hydrogen-bond acceptors (Lipinski definition) is 5. The number of likely N-dealkylation sites (tertiary alicyclic amines) is 1. The first-order valence-corrected chi connectivity index (χ1v) is 9.99. The van der Waals surface area contributed by atoms with Crippen molar-refractivity contribution in [2.24, 2.45) is 5.92 Å². The molecule has 5 nitrogen and oxygen atoms in total. The Labute approximate surface area is 146 Å². The van der Waals surface area contributed by atoms with Gasteiger partial charge in [0, 0.05) is 11.5 Å². The number of carbonyl (C=O) groups is 1. The molecule has 0 spiro atoms. The van der Waals surface area contributed by atoms with Gasteiger partial charge in [0.2, 0.25) is 0 Å². The Morgan fingerprint density at radius 3 is 2.38 bits per heavy atom. The van der Waals surface area contributed by atoms with Crippen molar-refractivity contribution in [3.05, 3.63) is 29.8 Å². The van der Waals surface area contributed by atoms with E-state index in [9.17, 15) is 13.9 Å². The lowest BCUT2D eigenvalue weighted by Gasteiger charge is -2.31. The first-order chi connectivity index (χ1) is 11.7. The predicted molar refractivity (Wildman–Crippen MR) is 94.7 cm³/mol. The number of benzene rings is 1. The van der Waals surface area contributed by atoms with E-state index in [2.05, 4.69) is 4.90 Å². The van der Waals surface area contributed by atoms with E-state index < -0.39 is 0 Å². The summed E-state index contributed by atoms with van der Waals surface area (Å²) in [5, 5.41) is -0.279. The highest BCUT2D eigenvalue weighted by molar-refractivity contribution is 7.44. The molecular formula is C17H23NO4P2. The molecular weight excluding hydrogens is 344 g/mol. The number of carbonyl (C=O) groups excluding carboxylic acids is 1. The Balaban J connectivity index is 1.76. The van der Waals surface area contributed by atoms with Gasteiger partial charge in [-0.1, -0.05) is 0 Å². The maximum Gasteiger partial charge on any atom is 0.171 e. The fourth-order valence-corrected chi connectivity index (χ4v) is 3.76. The van der Waals surface area contributed by atoms with Crippen LogP contribution in [0.4, 0.5) is 0 Å². The van der Waals surface area contributed by atoms with Gasteiger partial charge in [0.15, 0.2) is 22.7 Å². The minimum absolute atomic E-state index is 0.0449. The van der Waals surface area contributed by atoms with Crippen LogP contribution in [-0.2, 0) is 9.13 Å². The quantitative estimate of drug-likeness (QED) is 0.482. The molecule has 0 saturated carbocycles. The fourth-order valence-electron chi connectivity index (χ4n) is 3.03. The van der Waals surface area contributed by atoms with E-state index >= 15 is 0 Å².